The quantitative estimate of drug-likeness (QED) is 0.848. The summed E-state index contributed by atoms with van der Waals surface area (Å²) in [6, 6.07) is 0. The van der Waals surface area contributed by atoms with Crippen LogP contribution in [0.15, 0.2) is 0 Å². The number of hydrogen-bond donors (Lipinski definition) is 1. The van der Waals surface area contributed by atoms with Crippen molar-refractivity contribution < 1.29 is 4.79 Å². The average Bonchev–Trinajstić information content (AvgIpc) is 3.03. The lowest BCUT2D eigenvalue weighted by molar-refractivity contribution is 0.0777. The number of H-pyrrole nitrogens is 1. The summed E-state index contributed by atoms with van der Waals surface area (Å²) >= 11 is 0. The zero-order chi connectivity index (χ0) is 12.4. The summed E-state index contributed by atoms with van der Waals surface area (Å²) in [4.78, 5) is 18.0. The summed E-state index contributed by atoms with van der Waals surface area (Å²) in [5.41, 5.74) is 0. The number of carbonyl (C=O) groups excluding carboxylic acids is 1. The number of nitrogens with zero attached hydrogens (tertiary/aromatic N) is 3. The second-order valence-electron chi connectivity index (χ2n) is 5.23. The zero-order valence-electron chi connectivity index (χ0n) is 10.7. The summed E-state index contributed by atoms with van der Waals surface area (Å²) in [6.07, 6.45) is 3.32. The average molecular weight is 236 g/mol. The van der Waals surface area contributed by atoms with Crippen LogP contribution in [-0.4, -0.2) is 39.6 Å². The minimum atomic E-state index is -0.0891. The van der Waals surface area contributed by atoms with E-state index < -0.39 is 0 Å². The van der Waals surface area contributed by atoms with Crippen LogP contribution in [-0.2, 0) is 0 Å². The van der Waals surface area contributed by atoms with E-state index in [1.165, 1.54) is 0 Å². The first-order chi connectivity index (χ1) is 8.08. The van der Waals surface area contributed by atoms with Crippen molar-refractivity contribution >= 4 is 5.91 Å². The first-order valence-electron chi connectivity index (χ1n) is 6.25. The number of nitrogens with one attached hydrogen (secondary N) is 1. The number of aromatic nitrogens is 3. The lowest BCUT2D eigenvalue weighted by atomic mass is 10.1. The molecule has 0 atom stereocenters. The molecular formula is C12H20N4O. The monoisotopic (exact) mass is 236 g/mol. The normalized spacial score (nSPS) is 15.3. The van der Waals surface area contributed by atoms with Crippen molar-refractivity contribution in [1.82, 2.24) is 20.1 Å². The van der Waals surface area contributed by atoms with Crippen LogP contribution >= 0.6 is 0 Å². The van der Waals surface area contributed by atoms with Crippen molar-refractivity contribution in [3.63, 3.8) is 0 Å². The van der Waals surface area contributed by atoms with Gasteiger partial charge in [0.05, 0.1) is 0 Å². The van der Waals surface area contributed by atoms with Crippen LogP contribution in [0, 0.1) is 5.92 Å². The predicted octanol–water partition coefficient (Wildman–Crippen LogP) is 1.80. The molecule has 1 aromatic rings. The van der Waals surface area contributed by atoms with Gasteiger partial charge in [-0.2, -0.15) is 0 Å². The van der Waals surface area contributed by atoms with E-state index in [9.17, 15) is 4.79 Å². The smallest absolute Gasteiger partial charge is 0.293 e. The van der Waals surface area contributed by atoms with Gasteiger partial charge in [-0.05, 0) is 25.2 Å². The fourth-order valence-electron chi connectivity index (χ4n) is 1.63. The number of aromatic amines is 1. The van der Waals surface area contributed by atoms with Crippen LogP contribution in [0.2, 0.25) is 0 Å². The topological polar surface area (TPSA) is 61.9 Å². The third-order valence-electron chi connectivity index (χ3n) is 3.05. The summed E-state index contributed by atoms with van der Waals surface area (Å²) in [5.74, 6) is 2.18. The molecule has 1 aromatic heterocycles. The SMILES string of the molecule is CC(C)CCN(C)C(=O)c1n[nH]c(C2CC2)n1. The molecule has 0 bridgehead atoms. The maximum Gasteiger partial charge on any atom is 0.293 e. The van der Waals surface area contributed by atoms with E-state index in [-0.39, 0.29) is 5.91 Å². The summed E-state index contributed by atoms with van der Waals surface area (Å²) in [6.45, 7) is 5.05. The second kappa shape index (κ2) is 4.85. The van der Waals surface area contributed by atoms with Crippen molar-refractivity contribution in [1.29, 1.82) is 0 Å². The maximum absolute atomic E-state index is 12.0. The van der Waals surface area contributed by atoms with E-state index in [2.05, 4.69) is 29.0 Å². The Bertz CT molecular complexity index is 395. The molecule has 5 nitrogen and oxygen atoms in total. The van der Waals surface area contributed by atoms with Crippen molar-refractivity contribution in [2.24, 2.45) is 5.92 Å². The minimum absolute atomic E-state index is 0.0891. The summed E-state index contributed by atoms with van der Waals surface area (Å²) in [5, 5.41) is 6.86. The van der Waals surface area contributed by atoms with Crippen LogP contribution in [0.5, 0.6) is 0 Å². The van der Waals surface area contributed by atoms with Crippen LogP contribution in [0.3, 0.4) is 0 Å². The Morgan fingerprint density at radius 3 is 2.82 bits per heavy atom. The van der Waals surface area contributed by atoms with E-state index >= 15 is 0 Å². The fraction of sp³-hybridized carbons (Fsp3) is 0.750. The standard InChI is InChI=1S/C12H20N4O/c1-8(2)6-7-16(3)12(17)11-13-10(14-15-11)9-4-5-9/h8-9H,4-7H2,1-3H3,(H,13,14,15). The molecule has 0 radical (unpaired) electrons. The fourth-order valence-corrected chi connectivity index (χ4v) is 1.63. The van der Waals surface area contributed by atoms with Gasteiger partial charge in [0.15, 0.2) is 0 Å². The van der Waals surface area contributed by atoms with Gasteiger partial charge in [0.2, 0.25) is 5.82 Å². The third kappa shape index (κ3) is 3.05. The van der Waals surface area contributed by atoms with Crippen molar-refractivity contribution in [3.05, 3.63) is 11.6 Å². The molecule has 0 unspecified atom stereocenters. The maximum atomic E-state index is 12.0. The van der Waals surface area contributed by atoms with Gasteiger partial charge in [0, 0.05) is 19.5 Å². The van der Waals surface area contributed by atoms with Gasteiger partial charge in [-0.3, -0.25) is 9.89 Å². The Morgan fingerprint density at radius 2 is 2.24 bits per heavy atom. The molecule has 1 heterocycles. The predicted molar refractivity (Wildman–Crippen MR) is 64.8 cm³/mol. The first kappa shape index (κ1) is 12.1. The molecule has 0 aromatic carbocycles. The molecule has 1 N–H and O–H groups in total. The largest absolute Gasteiger partial charge is 0.339 e. The molecule has 1 aliphatic rings. The first-order valence-corrected chi connectivity index (χ1v) is 6.25. The Balaban J connectivity index is 1.92. The molecular weight excluding hydrogens is 216 g/mol. The Hall–Kier alpha value is -1.39. The van der Waals surface area contributed by atoms with Crippen LogP contribution < -0.4 is 0 Å². The molecule has 1 saturated carbocycles. The zero-order valence-corrected chi connectivity index (χ0v) is 10.7. The van der Waals surface area contributed by atoms with Gasteiger partial charge in [0.1, 0.15) is 5.82 Å². The molecule has 17 heavy (non-hydrogen) atoms. The highest BCUT2D eigenvalue weighted by Crippen LogP contribution is 2.37. The Morgan fingerprint density at radius 1 is 1.53 bits per heavy atom. The van der Waals surface area contributed by atoms with Crippen LogP contribution in [0.1, 0.15) is 55.5 Å². The third-order valence-corrected chi connectivity index (χ3v) is 3.05. The molecule has 0 aliphatic heterocycles. The van der Waals surface area contributed by atoms with E-state index in [0.29, 0.717) is 17.7 Å². The van der Waals surface area contributed by atoms with Crippen LogP contribution in [0.25, 0.3) is 0 Å². The summed E-state index contributed by atoms with van der Waals surface area (Å²) < 4.78 is 0. The molecule has 0 saturated heterocycles. The molecule has 94 valence electrons. The molecule has 0 spiro atoms. The van der Waals surface area contributed by atoms with Gasteiger partial charge in [-0.25, -0.2) is 4.98 Å². The molecule has 5 heteroatoms. The van der Waals surface area contributed by atoms with Gasteiger partial charge in [-0.15, -0.1) is 5.10 Å². The summed E-state index contributed by atoms with van der Waals surface area (Å²) in [7, 11) is 1.80. The highest BCUT2D eigenvalue weighted by molar-refractivity contribution is 5.90. The number of amides is 1. The Labute approximate surface area is 102 Å². The van der Waals surface area contributed by atoms with Gasteiger partial charge in [-0.1, -0.05) is 13.8 Å². The van der Waals surface area contributed by atoms with E-state index in [4.69, 9.17) is 0 Å². The van der Waals surface area contributed by atoms with E-state index in [0.717, 1.165) is 31.6 Å². The highest BCUT2D eigenvalue weighted by Gasteiger charge is 2.28. The highest BCUT2D eigenvalue weighted by atomic mass is 16.2. The van der Waals surface area contributed by atoms with E-state index in [1.54, 1.807) is 11.9 Å². The molecule has 1 fully saturated rings. The van der Waals surface area contributed by atoms with Gasteiger partial charge >= 0.3 is 0 Å². The number of hydrogen-bond acceptors (Lipinski definition) is 3. The Kier molecular flexibility index (Phi) is 3.45. The number of carbonyl (C=O) groups is 1. The van der Waals surface area contributed by atoms with Crippen molar-refractivity contribution in [3.8, 4) is 0 Å². The van der Waals surface area contributed by atoms with E-state index in [1.807, 2.05) is 0 Å². The minimum Gasteiger partial charge on any atom is -0.339 e. The van der Waals surface area contributed by atoms with Gasteiger partial charge < -0.3 is 4.90 Å². The second-order valence-corrected chi connectivity index (χ2v) is 5.23. The molecule has 2 rings (SSSR count). The molecule has 1 aliphatic carbocycles. The van der Waals surface area contributed by atoms with Crippen molar-refractivity contribution in [2.45, 2.75) is 39.0 Å². The molecule has 1 amide bonds. The lowest BCUT2D eigenvalue weighted by Crippen LogP contribution is -2.29. The lowest BCUT2D eigenvalue weighted by Gasteiger charge is -2.16. The van der Waals surface area contributed by atoms with Crippen LogP contribution in [0.4, 0.5) is 0 Å². The van der Waals surface area contributed by atoms with Crippen molar-refractivity contribution in [2.75, 3.05) is 13.6 Å². The number of rotatable bonds is 5. The van der Waals surface area contributed by atoms with Gasteiger partial charge in [0.25, 0.3) is 5.91 Å².